The van der Waals surface area contributed by atoms with Gasteiger partial charge in [0, 0.05) is 11.6 Å². The molecule has 1 unspecified atom stereocenters. The molecule has 0 spiro atoms. The molecule has 0 aromatic carbocycles. The number of nitrogens with two attached hydrogens (primary N) is 1. The Kier molecular flexibility index (Phi) is 3.95. The summed E-state index contributed by atoms with van der Waals surface area (Å²) >= 11 is 0. The van der Waals surface area contributed by atoms with Crippen LogP contribution in [0.4, 0.5) is 0 Å². The summed E-state index contributed by atoms with van der Waals surface area (Å²) in [6.07, 6.45) is 15.5. The third kappa shape index (κ3) is 2.22. The largest absolute Gasteiger partial charge is 0.326 e. The van der Waals surface area contributed by atoms with Gasteiger partial charge >= 0.3 is 0 Å². The number of rotatable bonds is 3. The lowest BCUT2D eigenvalue weighted by Gasteiger charge is -2.49. The lowest BCUT2D eigenvalue weighted by molar-refractivity contribution is 0.0312. The molecule has 0 aromatic rings. The Bertz CT molecular complexity index is 258. The van der Waals surface area contributed by atoms with Crippen LogP contribution < -0.4 is 5.73 Å². The zero-order valence-corrected chi connectivity index (χ0v) is 11.9. The summed E-state index contributed by atoms with van der Waals surface area (Å²) < 4.78 is 0. The quantitative estimate of drug-likeness (QED) is 0.832. The molecule has 2 nitrogen and oxygen atoms in total. The number of nitrogens with zero attached hydrogens (tertiary/aromatic N) is 1. The molecule has 0 aromatic heterocycles. The van der Waals surface area contributed by atoms with E-state index in [0.717, 1.165) is 5.92 Å². The molecule has 0 radical (unpaired) electrons. The van der Waals surface area contributed by atoms with E-state index >= 15 is 0 Å². The van der Waals surface area contributed by atoms with Crippen LogP contribution in [0.3, 0.4) is 0 Å². The molecule has 2 heteroatoms. The Balaban J connectivity index is 1.76. The van der Waals surface area contributed by atoms with Gasteiger partial charge in [0.1, 0.15) is 0 Å². The van der Waals surface area contributed by atoms with Gasteiger partial charge in [-0.2, -0.15) is 0 Å². The Labute approximate surface area is 112 Å². The van der Waals surface area contributed by atoms with Crippen LogP contribution in [-0.4, -0.2) is 29.6 Å². The predicted octanol–water partition coefficient (Wildman–Crippen LogP) is 3.30. The van der Waals surface area contributed by atoms with Crippen molar-refractivity contribution >= 4 is 0 Å². The topological polar surface area (TPSA) is 29.3 Å². The maximum atomic E-state index is 6.81. The Morgan fingerprint density at radius 2 is 1.44 bits per heavy atom. The van der Waals surface area contributed by atoms with Crippen molar-refractivity contribution in [1.29, 1.82) is 0 Å². The normalized spacial score (nSPS) is 31.8. The molecule has 1 heterocycles. The highest BCUT2D eigenvalue weighted by atomic mass is 15.2. The highest BCUT2D eigenvalue weighted by Crippen LogP contribution is 2.44. The van der Waals surface area contributed by atoms with Crippen LogP contribution in [0.5, 0.6) is 0 Å². The molecular weight excluding hydrogens is 220 g/mol. The highest BCUT2D eigenvalue weighted by Gasteiger charge is 2.47. The minimum absolute atomic E-state index is 0.398. The second-order valence-corrected chi connectivity index (χ2v) is 6.93. The van der Waals surface area contributed by atoms with E-state index < -0.39 is 0 Å². The molecule has 2 saturated carbocycles. The summed E-state index contributed by atoms with van der Waals surface area (Å²) in [5, 5.41) is 0. The van der Waals surface area contributed by atoms with E-state index in [9.17, 15) is 0 Å². The second kappa shape index (κ2) is 5.50. The molecule has 0 amide bonds. The zero-order valence-electron chi connectivity index (χ0n) is 11.9. The Hall–Kier alpha value is -0.0800. The highest BCUT2D eigenvalue weighted by molar-refractivity contribution is 5.05. The smallest absolute Gasteiger partial charge is 0.0363 e. The van der Waals surface area contributed by atoms with E-state index in [1.54, 1.807) is 0 Å². The van der Waals surface area contributed by atoms with Crippen LogP contribution in [0.15, 0.2) is 0 Å². The van der Waals surface area contributed by atoms with E-state index in [-0.39, 0.29) is 0 Å². The molecule has 3 rings (SSSR count). The Morgan fingerprint density at radius 1 is 0.833 bits per heavy atom. The van der Waals surface area contributed by atoms with Crippen molar-refractivity contribution in [2.75, 3.05) is 13.1 Å². The molecule has 104 valence electrons. The summed E-state index contributed by atoms with van der Waals surface area (Å²) in [7, 11) is 0. The van der Waals surface area contributed by atoms with Gasteiger partial charge in [0.05, 0.1) is 0 Å². The average Bonchev–Trinajstić information content (AvgIpc) is 3.11. The zero-order chi connectivity index (χ0) is 12.4. The second-order valence-electron chi connectivity index (χ2n) is 6.93. The summed E-state index contributed by atoms with van der Waals surface area (Å²) in [6.45, 7) is 2.64. The minimum atomic E-state index is 0.398. The lowest BCUT2D eigenvalue weighted by Crippen LogP contribution is -2.61. The fourth-order valence-corrected chi connectivity index (χ4v) is 4.94. The first kappa shape index (κ1) is 12.9. The first-order chi connectivity index (χ1) is 8.83. The molecular formula is C16H30N2. The van der Waals surface area contributed by atoms with Crippen LogP contribution in [0.1, 0.15) is 70.6 Å². The molecule has 0 bridgehead atoms. The van der Waals surface area contributed by atoms with Crippen molar-refractivity contribution in [2.24, 2.45) is 11.7 Å². The number of piperidine rings is 1. The Morgan fingerprint density at radius 3 is 2.06 bits per heavy atom. The number of likely N-dealkylation sites (tertiary alicyclic amines) is 1. The molecule has 18 heavy (non-hydrogen) atoms. The fraction of sp³-hybridized carbons (Fsp3) is 1.00. The molecule has 3 fully saturated rings. The van der Waals surface area contributed by atoms with E-state index in [1.165, 1.54) is 83.7 Å². The molecule has 1 aliphatic heterocycles. The van der Waals surface area contributed by atoms with Gasteiger partial charge in [-0.3, -0.25) is 4.90 Å². The van der Waals surface area contributed by atoms with Gasteiger partial charge < -0.3 is 5.73 Å². The fourth-order valence-electron chi connectivity index (χ4n) is 4.94. The van der Waals surface area contributed by atoms with Crippen molar-refractivity contribution in [1.82, 2.24) is 4.90 Å². The van der Waals surface area contributed by atoms with Crippen molar-refractivity contribution in [2.45, 2.75) is 82.2 Å². The maximum Gasteiger partial charge on any atom is 0.0363 e. The van der Waals surface area contributed by atoms with Gasteiger partial charge in [0.15, 0.2) is 0 Å². The summed E-state index contributed by atoms with van der Waals surface area (Å²) in [5.41, 5.74) is 7.21. The number of hydrogen-bond acceptors (Lipinski definition) is 2. The third-order valence-corrected chi connectivity index (χ3v) is 5.98. The van der Waals surface area contributed by atoms with Gasteiger partial charge in [-0.1, -0.05) is 32.1 Å². The summed E-state index contributed by atoms with van der Waals surface area (Å²) in [4.78, 5) is 2.81. The molecule has 1 atom stereocenters. The first-order valence-electron chi connectivity index (χ1n) is 8.34. The number of hydrogen-bond donors (Lipinski definition) is 1. The van der Waals surface area contributed by atoms with Crippen molar-refractivity contribution in [3.63, 3.8) is 0 Å². The summed E-state index contributed by atoms with van der Waals surface area (Å²) in [5.74, 6) is 0.824. The van der Waals surface area contributed by atoms with Crippen LogP contribution in [0.25, 0.3) is 0 Å². The van der Waals surface area contributed by atoms with Crippen molar-refractivity contribution in [3.8, 4) is 0 Å². The molecule has 2 N–H and O–H groups in total. The predicted molar refractivity (Wildman–Crippen MR) is 76.6 cm³/mol. The third-order valence-electron chi connectivity index (χ3n) is 5.98. The molecule has 2 aliphatic carbocycles. The van der Waals surface area contributed by atoms with E-state index in [1.807, 2.05) is 0 Å². The van der Waals surface area contributed by atoms with Crippen LogP contribution >= 0.6 is 0 Å². The van der Waals surface area contributed by atoms with Gasteiger partial charge in [-0.15, -0.1) is 0 Å². The average molecular weight is 250 g/mol. The van der Waals surface area contributed by atoms with Gasteiger partial charge in [-0.05, 0) is 57.5 Å². The van der Waals surface area contributed by atoms with Crippen LogP contribution in [0, 0.1) is 5.92 Å². The van der Waals surface area contributed by atoms with E-state index in [0.29, 0.717) is 11.6 Å². The summed E-state index contributed by atoms with van der Waals surface area (Å²) in [6, 6.07) is 0.459. The van der Waals surface area contributed by atoms with Crippen molar-refractivity contribution in [3.05, 3.63) is 0 Å². The van der Waals surface area contributed by atoms with Gasteiger partial charge in [-0.25, -0.2) is 0 Å². The maximum absolute atomic E-state index is 6.81. The van der Waals surface area contributed by atoms with E-state index in [4.69, 9.17) is 5.73 Å². The van der Waals surface area contributed by atoms with Gasteiger partial charge in [0.25, 0.3) is 0 Å². The standard InChI is InChI=1S/C16H30N2/c17-15(14-8-2-3-9-14)16(10-4-5-11-16)18-12-6-1-7-13-18/h14-15H,1-13,17H2. The monoisotopic (exact) mass is 250 g/mol. The van der Waals surface area contributed by atoms with Crippen molar-refractivity contribution < 1.29 is 0 Å². The molecule has 3 aliphatic rings. The SMILES string of the molecule is NC(C1CCCC1)C1(N2CCCCC2)CCCC1. The molecule has 1 saturated heterocycles. The van der Waals surface area contributed by atoms with Gasteiger partial charge in [0.2, 0.25) is 0 Å². The minimum Gasteiger partial charge on any atom is -0.326 e. The van der Waals surface area contributed by atoms with E-state index in [2.05, 4.69) is 4.90 Å². The lowest BCUT2D eigenvalue weighted by atomic mass is 9.77. The van der Waals surface area contributed by atoms with Crippen LogP contribution in [0.2, 0.25) is 0 Å². The first-order valence-corrected chi connectivity index (χ1v) is 8.34. The van der Waals surface area contributed by atoms with Crippen LogP contribution in [-0.2, 0) is 0 Å².